The molecule has 0 spiro atoms. The molecule has 10 heteroatoms. The summed E-state index contributed by atoms with van der Waals surface area (Å²) >= 11 is 5.74. The van der Waals surface area contributed by atoms with E-state index in [0.717, 1.165) is 17.7 Å². The first-order valence-corrected chi connectivity index (χ1v) is 12.2. The second kappa shape index (κ2) is 9.25. The first kappa shape index (κ1) is 22.8. The van der Waals surface area contributed by atoms with Crippen LogP contribution in [0.4, 0.5) is 4.39 Å². The molecule has 2 heterocycles. The van der Waals surface area contributed by atoms with Gasteiger partial charge < -0.3 is 14.8 Å². The van der Waals surface area contributed by atoms with Crippen molar-refractivity contribution in [2.45, 2.75) is 30.7 Å². The Hall–Kier alpha value is -2.36. The molecule has 1 N–H and O–H groups in total. The third-order valence-electron chi connectivity index (χ3n) is 5.78. The Morgan fingerprint density at radius 1 is 1.12 bits per heavy atom. The summed E-state index contributed by atoms with van der Waals surface area (Å²) < 4.78 is 51.5. The first-order chi connectivity index (χ1) is 15.3. The zero-order valence-electron chi connectivity index (χ0n) is 17.5. The Kier molecular flexibility index (Phi) is 6.60. The molecule has 0 unspecified atom stereocenters. The van der Waals surface area contributed by atoms with Gasteiger partial charge in [-0.1, -0.05) is 17.7 Å². The smallest absolute Gasteiger partial charge is 0.243 e. The van der Waals surface area contributed by atoms with E-state index in [1.165, 1.54) is 10.4 Å². The maximum Gasteiger partial charge on any atom is 0.243 e. The van der Waals surface area contributed by atoms with Gasteiger partial charge in [-0.25, -0.2) is 12.8 Å². The van der Waals surface area contributed by atoms with Crippen LogP contribution in [-0.4, -0.2) is 44.9 Å². The van der Waals surface area contributed by atoms with E-state index in [2.05, 4.69) is 5.32 Å². The van der Waals surface area contributed by atoms with E-state index in [9.17, 15) is 17.6 Å². The van der Waals surface area contributed by atoms with Gasteiger partial charge in [0.15, 0.2) is 11.5 Å². The topological polar surface area (TPSA) is 84.9 Å². The average molecular weight is 483 g/mol. The van der Waals surface area contributed by atoms with E-state index in [4.69, 9.17) is 21.1 Å². The summed E-state index contributed by atoms with van der Waals surface area (Å²) in [6.45, 7) is 3.30. The second-order valence-corrected chi connectivity index (χ2v) is 10.2. The molecule has 2 aromatic rings. The minimum atomic E-state index is -3.80. The molecule has 1 atom stereocenters. The van der Waals surface area contributed by atoms with Gasteiger partial charge in [-0.2, -0.15) is 4.31 Å². The lowest BCUT2D eigenvalue weighted by Crippen LogP contribution is -2.43. The third-order valence-corrected chi connectivity index (χ3v) is 7.96. The predicted octanol–water partition coefficient (Wildman–Crippen LogP) is 3.53. The van der Waals surface area contributed by atoms with E-state index in [-0.39, 0.29) is 40.9 Å². The minimum Gasteiger partial charge on any atom is -0.486 e. The summed E-state index contributed by atoms with van der Waals surface area (Å²) in [5.74, 6) is 0.268. The number of piperidine rings is 1. The van der Waals surface area contributed by atoms with Gasteiger partial charge in [-0.05, 0) is 55.7 Å². The molecular weight excluding hydrogens is 459 g/mol. The lowest BCUT2D eigenvalue weighted by atomic mass is 9.96. The van der Waals surface area contributed by atoms with Gasteiger partial charge in [-0.15, -0.1) is 0 Å². The number of benzene rings is 2. The van der Waals surface area contributed by atoms with Crippen LogP contribution in [0.3, 0.4) is 0 Å². The number of rotatable bonds is 5. The normalized spacial score (nSPS) is 18.2. The SMILES string of the molecule is C[C@@H](NC(=O)C1CCN(S(=O)(=O)c2ccc(F)c(Cl)c2)CC1)c1ccc2c(c1)OCCO2. The summed E-state index contributed by atoms with van der Waals surface area (Å²) in [7, 11) is -3.80. The van der Waals surface area contributed by atoms with Crippen molar-refractivity contribution in [1.29, 1.82) is 0 Å². The Labute approximate surface area is 191 Å². The van der Waals surface area contributed by atoms with Crippen molar-refractivity contribution in [3.63, 3.8) is 0 Å². The monoisotopic (exact) mass is 482 g/mol. The fourth-order valence-corrected chi connectivity index (χ4v) is 5.63. The molecule has 1 saturated heterocycles. The fraction of sp³-hybridized carbons (Fsp3) is 0.409. The van der Waals surface area contributed by atoms with Crippen LogP contribution in [0.15, 0.2) is 41.3 Å². The highest BCUT2D eigenvalue weighted by Crippen LogP contribution is 2.33. The number of carbonyl (C=O) groups is 1. The van der Waals surface area contributed by atoms with Gasteiger partial charge in [0.1, 0.15) is 19.0 Å². The van der Waals surface area contributed by atoms with E-state index < -0.39 is 15.8 Å². The van der Waals surface area contributed by atoms with Crippen LogP contribution in [0.25, 0.3) is 0 Å². The van der Waals surface area contributed by atoms with Crippen molar-refractivity contribution < 1.29 is 27.1 Å². The van der Waals surface area contributed by atoms with Crippen molar-refractivity contribution in [3.05, 3.63) is 52.8 Å². The highest BCUT2D eigenvalue weighted by atomic mass is 35.5. The molecule has 2 aliphatic rings. The quantitative estimate of drug-likeness (QED) is 0.704. The number of nitrogens with zero attached hydrogens (tertiary/aromatic N) is 1. The molecular formula is C22H24ClFN2O5S. The third kappa shape index (κ3) is 4.69. The van der Waals surface area contributed by atoms with E-state index in [1.807, 2.05) is 25.1 Å². The molecule has 0 aromatic heterocycles. The number of carbonyl (C=O) groups excluding carboxylic acids is 1. The number of ether oxygens (including phenoxy) is 2. The van der Waals surface area contributed by atoms with Crippen LogP contribution >= 0.6 is 11.6 Å². The number of sulfonamides is 1. The zero-order valence-corrected chi connectivity index (χ0v) is 19.1. The van der Waals surface area contributed by atoms with E-state index in [0.29, 0.717) is 37.6 Å². The van der Waals surface area contributed by atoms with Crippen molar-refractivity contribution in [2.75, 3.05) is 26.3 Å². The number of hydrogen-bond acceptors (Lipinski definition) is 5. The molecule has 0 saturated carbocycles. The molecule has 32 heavy (non-hydrogen) atoms. The number of nitrogens with one attached hydrogen (secondary N) is 1. The number of amides is 1. The van der Waals surface area contributed by atoms with Crippen LogP contribution in [0.1, 0.15) is 31.4 Å². The van der Waals surface area contributed by atoms with Gasteiger partial charge in [0, 0.05) is 19.0 Å². The molecule has 2 aliphatic heterocycles. The summed E-state index contributed by atoms with van der Waals surface area (Å²) in [5, 5.41) is 2.77. The van der Waals surface area contributed by atoms with Gasteiger partial charge in [0.2, 0.25) is 15.9 Å². The van der Waals surface area contributed by atoms with Crippen LogP contribution in [0.5, 0.6) is 11.5 Å². The molecule has 1 amide bonds. The summed E-state index contributed by atoms with van der Waals surface area (Å²) in [5.41, 5.74) is 0.899. The number of halogens is 2. The first-order valence-electron chi connectivity index (χ1n) is 10.4. The molecule has 7 nitrogen and oxygen atoms in total. The Morgan fingerprint density at radius 2 is 1.81 bits per heavy atom. The van der Waals surface area contributed by atoms with Crippen molar-refractivity contribution in [3.8, 4) is 11.5 Å². The number of fused-ring (bicyclic) bond motifs is 1. The van der Waals surface area contributed by atoms with Crippen LogP contribution in [0.2, 0.25) is 5.02 Å². The Bertz CT molecular complexity index is 1120. The van der Waals surface area contributed by atoms with Crippen LogP contribution in [0, 0.1) is 11.7 Å². The van der Waals surface area contributed by atoms with Crippen LogP contribution in [-0.2, 0) is 14.8 Å². The van der Waals surface area contributed by atoms with Gasteiger partial charge in [0.05, 0.1) is 16.0 Å². The van der Waals surface area contributed by atoms with Gasteiger partial charge in [-0.3, -0.25) is 4.79 Å². The molecule has 0 radical (unpaired) electrons. The summed E-state index contributed by atoms with van der Waals surface area (Å²) in [6, 6.07) is 8.70. The largest absolute Gasteiger partial charge is 0.486 e. The van der Waals surface area contributed by atoms with Crippen molar-refractivity contribution in [1.82, 2.24) is 9.62 Å². The van der Waals surface area contributed by atoms with E-state index >= 15 is 0 Å². The molecule has 172 valence electrons. The highest BCUT2D eigenvalue weighted by Gasteiger charge is 2.33. The molecule has 0 bridgehead atoms. The second-order valence-electron chi connectivity index (χ2n) is 7.89. The van der Waals surface area contributed by atoms with Gasteiger partial charge in [0.25, 0.3) is 0 Å². The van der Waals surface area contributed by atoms with E-state index in [1.54, 1.807) is 0 Å². The molecule has 0 aliphatic carbocycles. The summed E-state index contributed by atoms with van der Waals surface area (Å²) in [4.78, 5) is 12.7. The lowest BCUT2D eigenvalue weighted by Gasteiger charge is -2.31. The zero-order chi connectivity index (χ0) is 22.9. The van der Waals surface area contributed by atoms with Gasteiger partial charge >= 0.3 is 0 Å². The maximum absolute atomic E-state index is 13.4. The Balaban J connectivity index is 1.35. The number of hydrogen-bond donors (Lipinski definition) is 1. The molecule has 2 aromatic carbocycles. The fourth-order valence-electron chi connectivity index (χ4n) is 3.89. The maximum atomic E-state index is 13.4. The standard InChI is InChI=1S/C22H24ClFN2O5S/c1-14(16-2-5-20-21(12-16)31-11-10-30-20)25-22(27)15-6-8-26(9-7-15)32(28,29)17-3-4-19(24)18(23)13-17/h2-5,12-15H,6-11H2,1H3,(H,25,27)/t14-/m1/s1. The van der Waals surface area contributed by atoms with Crippen molar-refractivity contribution in [2.24, 2.45) is 5.92 Å². The summed E-state index contributed by atoms with van der Waals surface area (Å²) in [6.07, 6.45) is 0.793. The Morgan fingerprint density at radius 3 is 2.50 bits per heavy atom. The highest BCUT2D eigenvalue weighted by molar-refractivity contribution is 7.89. The molecule has 1 fully saturated rings. The average Bonchev–Trinajstić information content (AvgIpc) is 2.80. The minimum absolute atomic E-state index is 0.0565. The predicted molar refractivity (Wildman–Crippen MR) is 117 cm³/mol. The van der Waals surface area contributed by atoms with Crippen molar-refractivity contribution >= 4 is 27.5 Å². The van der Waals surface area contributed by atoms with Crippen LogP contribution < -0.4 is 14.8 Å². The lowest BCUT2D eigenvalue weighted by molar-refractivity contribution is -0.126. The molecule has 4 rings (SSSR count).